The third-order valence-electron chi connectivity index (χ3n) is 4.53. The van der Waals surface area contributed by atoms with E-state index in [0.29, 0.717) is 5.82 Å². The summed E-state index contributed by atoms with van der Waals surface area (Å²) in [5.74, 6) is -2.50. The zero-order valence-corrected chi connectivity index (χ0v) is 17.2. The molecule has 0 spiro atoms. The van der Waals surface area contributed by atoms with Crippen LogP contribution in [0.1, 0.15) is 49.8 Å². The number of nitrogens with one attached hydrogen (secondary N) is 2. The molecule has 9 nitrogen and oxygen atoms in total. The average Bonchev–Trinajstić information content (AvgIpc) is 2.93. The van der Waals surface area contributed by atoms with E-state index in [-0.39, 0.29) is 36.0 Å². The zero-order valence-electron chi connectivity index (χ0n) is 17.2. The fourth-order valence-corrected chi connectivity index (χ4v) is 3.26. The first-order chi connectivity index (χ1) is 14.0. The van der Waals surface area contributed by atoms with Crippen molar-refractivity contribution < 1.29 is 28.3 Å². The molecule has 1 saturated heterocycles. The van der Waals surface area contributed by atoms with E-state index in [1.165, 1.54) is 10.6 Å². The molecule has 2 heterocycles. The second-order valence-electron chi connectivity index (χ2n) is 8.10. The van der Waals surface area contributed by atoms with Gasteiger partial charge in [0.1, 0.15) is 40.9 Å². The third kappa shape index (κ3) is 4.47. The van der Waals surface area contributed by atoms with Crippen LogP contribution in [-0.4, -0.2) is 44.9 Å². The number of aromatic nitrogens is 2. The van der Waals surface area contributed by atoms with Crippen LogP contribution in [0.4, 0.5) is 4.39 Å². The van der Waals surface area contributed by atoms with Gasteiger partial charge in [-0.1, -0.05) is 0 Å². The number of imidazole rings is 1. The Morgan fingerprint density at radius 3 is 2.67 bits per heavy atom. The van der Waals surface area contributed by atoms with Crippen LogP contribution in [0.3, 0.4) is 0 Å². The van der Waals surface area contributed by atoms with Gasteiger partial charge in [0, 0.05) is 6.42 Å². The van der Waals surface area contributed by atoms with Gasteiger partial charge >= 0.3 is 5.97 Å². The first kappa shape index (κ1) is 21.4. The second kappa shape index (κ2) is 7.85. The van der Waals surface area contributed by atoms with Crippen molar-refractivity contribution in [2.75, 3.05) is 0 Å². The van der Waals surface area contributed by atoms with E-state index in [9.17, 15) is 23.6 Å². The Kier molecular flexibility index (Phi) is 5.60. The number of hydrogen-bond acceptors (Lipinski definition) is 6. The van der Waals surface area contributed by atoms with E-state index in [1.807, 2.05) is 0 Å². The number of carbonyl (C=O) groups is 4. The van der Waals surface area contributed by atoms with Gasteiger partial charge in [-0.2, -0.15) is 0 Å². The number of fused-ring (bicyclic) bond motifs is 1. The van der Waals surface area contributed by atoms with Gasteiger partial charge in [-0.3, -0.25) is 24.5 Å². The lowest BCUT2D eigenvalue weighted by atomic mass is 10.1. The summed E-state index contributed by atoms with van der Waals surface area (Å²) in [4.78, 5) is 52.4. The molecule has 2 aromatic rings. The highest BCUT2D eigenvalue weighted by molar-refractivity contribution is 6.08. The van der Waals surface area contributed by atoms with Crippen LogP contribution >= 0.6 is 0 Å². The minimum atomic E-state index is -0.875. The molecule has 0 saturated carbocycles. The SMILES string of the molecule is Cc1nc2c(C(=O)NC3CCC(=O)NC3=O)ccc(F)c2n1CC(=O)OC(C)(C)C. The van der Waals surface area contributed by atoms with Crippen LogP contribution in [0.25, 0.3) is 11.0 Å². The number of piperidine rings is 1. The highest BCUT2D eigenvalue weighted by atomic mass is 19.1. The number of rotatable bonds is 4. The molecule has 1 aliphatic heterocycles. The maximum atomic E-state index is 14.6. The molecule has 1 aliphatic rings. The Balaban J connectivity index is 1.91. The molecule has 0 aliphatic carbocycles. The monoisotopic (exact) mass is 418 g/mol. The van der Waals surface area contributed by atoms with E-state index >= 15 is 0 Å². The van der Waals surface area contributed by atoms with Gasteiger partial charge in [0.25, 0.3) is 5.91 Å². The molecule has 30 heavy (non-hydrogen) atoms. The quantitative estimate of drug-likeness (QED) is 0.572. The fraction of sp³-hybridized carbons (Fsp3) is 0.450. The number of aryl methyl sites for hydroxylation is 1. The number of imide groups is 1. The molecular formula is C20H23FN4O5. The Morgan fingerprint density at radius 1 is 1.33 bits per heavy atom. The predicted octanol–water partition coefficient (Wildman–Crippen LogP) is 1.36. The van der Waals surface area contributed by atoms with Crippen molar-refractivity contribution in [3.05, 3.63) is 29.3 Å². The molecule has 2 N–H and O–H groups in total. The van der Waals surface area contributed by atoms with Gasteiger partial charge < -0.3 is 14.6 Å². The van der Waals surface area contributed by atoms with Crippen molar-refractivity contribution >= 4 is 34.7 Å². The van der Waals surface area contributed by atoms with Crippen LogP contribution < -0.4 is 10.6 Å². The van der Waals surface area contributed by atoms with Crippen molar-refractivity contribution in [3.63, 3.8) is 0 Å². The Morgan fingerprint density at radius 2 is 2.03 bits per heavy atom. The molecule has 0 bridgehead atoms. The lowest BCUT2D eigenvalue weighted by Crippen LogP contribution is -2.52. The highest BCUT2D eigenvalue weighted by Crippen LogP contribution is 2.24. The summed E-state index contributed by atoms with van der Waals surface area (Å²) >= 11 is 0. The first-order valence-electron chi connectivity index (χ1n) is 9.48. The predicted molar refractivity (Wildman–Crippen MR) is 104 cm³/mol. The van der Waals surface area contributed by atoms with E-state index < -0.39 is 41.2 Å². The minimum Gasteiger partial charge on any atom is -0.459 e. The maximum Gasteiger partial charge on any atom is 0.326 e. The van der Waals surface area contributed by atoms with Gasteiger partial charge in [-0.25, -0.2) is 9.37 Å². The molecule has 1 fully saturated rings. The van der Waals surface area contributed by atoms with Crippen LogP contribution in [-0.2, 0) is 25.7 Å². The van der Waals surface area contributed by atoms with Crippen molar-refractivity contribution in [3.8, 4) is 0 Å². The summed E-state index contributed by atoms with van der Waals surface area (Å²) in [5.41, 5.74) is -0.579. The Hall–Kier alpha value is -3.30. The standard InChI is InChI=1S/C20H23FN4O5/c1-10-22-16-11(18(28)23-13-7-8-14(26)24-19(13)29)5-6-12(21)17(16)25(10)9-15(27)30-20(2,3)4/h5-6,13H,7-9H2,1-4H3,(H,23,28)(H,24,26,29). The van der Waals surface area contributed by atoms with Crippen LogP contribution in [0.2, 0.25) is 0 Å². The second-order valence-corrected chi connectivity index (χ2v) is 8.10. The summed E-state index contributed by atoms with van der Waals surface area (Å²) in [6.07, 6.45) is 0.284. The summed E-state index contributed by atoms with van der Waals surface area (Å²) in [7, 11) is 0. The van der Waals surface area contributed by atoms with Crippen LogP contribution in [0, 0.1) is 12.7 Å². The molecule has 1 aromatic carbocycles. The normalized spacial score (nSPS) is 17.0. The van der Waals surface area contributed by atoms with Crippen molar-refractivity contribution in [2.45, 2.75) is 58.7 Å². The van der Waals surface area contributed by atoms with Gasteiger partial charge in [0.2, 0.25) is 11.8 Å². The lowest BCUT2D eigenvalue weighted by molar-refractivity contribution is -0.155. The summed E-state index contributed by atoms with van der Waals surface area (Å²) in [6, 6.07) is 1.50. The maximum absolute atomic E-state index is 14.6. The molecule has 1 unspecified atom stereocenters. The number of amides is 3. The molecule has 10 heteroatoms. The Labute approximate surface area is 172 Å². The summed E-state index contributed by atoms with van der Waals surface area (Å²) in [5, 5.41) is 4.71. The number of esters is 1. The molecular weight excluding hydrogens is 395 g/mol. The number of carbonyl (C=O) groups excluding carboxylic acids is 4. The summed E-state index contributed by atoms with van der Waals surface area (Å²) in [6.45, 7) is 6.49. The highest BCUT2D eigenvalue weighted by Gasteiger charge is 2.29. The number of halogens is 1. The molecule has 1 atom stereocenters. The molecule has 160 valence electrons. The number of nitrogens with zero attached hydrogens (tertiary/aromatic N) is 2. The van der Waals surface area contributed by atoms with E-state index in [0.717, 1.165) is 6.07 Å². The molecule has 1 aromatic heterocycles. The molecule has 3 rings (SSSR count). The molecule has 3 amide bonds. The van der Waals surface area contributed by atoms with Crippen molar-refractivity contribution in [1.29, 1.82) is 0 Å². The smallest absolute Gasteiger partial charge is 0.326 e. The van der Waals surface area contributed by atoms with E-state index in [4.69, 9.17) is 4.74 Å². The van der Waals surface area contributed by atoms with Crippen LogP contribution in [0.15, 0.2) is 12.1 Å². The van der Waals surface area contributed by atoms with Gasteiger partial charge in [-0.15, -0.1) is 0 Å². The van der Waals surface area contributed by atoms with Crippen molar-refractivity contribution in [1.82, 2.24) is 20.2 Å². The van der Waals surface area contributed by atoms with Gasteiger partial charge in [0.05, 0.1) is 5.56 Å². The third-order valence-corrected chi connectivity index (χ3v) is 4.53. The van der Waals surface area contributed by atoms with Crippen molar-refractivity contribution in [2.24, 2.45) is 0 Å². The van der Waals surface area contributed by atoms with Crippen LogP contribution in [0.5, 0.6) is 0 Å². The first-order valence-corrected chi connectivity index (χ1v) is 9.48. The van der Waals surface area contributed by atoms with E-state index in [1.54, 1.807) is 27.7 Å². The average molecular weight is 418 g/mol. The van der Waals surface area contributed by atoms with E-state index in [2.05, 4.69) is 15.6 Å². The fourth-order valence-electron chi connectivity index (χ4n) is 3.26. The Bertz CT molecular complexity index is 1050. The van der Waals surface area contributed by atoms with Gasteiger partial charge in [0.15, 0.2) is 0 Å². The number of hydrogen-bond donors (Lipinski definition) is 2. The number of ether oxygens (including phenoxy) is 1. The zero-order chi connectivity index (χ0) is 22.2. The summed E-state index contributed by atoms with van der Waals surface area (Å²) < 4.78 is 21.3. The topological polar surface area (TPSA) is 119 Å². The molecule has 0 radical (unpaired) electrons. The minimum absolute atomic E-state index is 0.00529. The number of benzene rings is 1. The van der Waals surface area contributed by atoms with Gasteiger partial charge in [-0.05, 0) is 46.2 Å². The largest absolute Gasteiger partial charge is 0.459 e. The lowest BCUT2D eigenvalue weighted by Gasteiger charge is -2.21.